The van der Waals surface area contributed by atoms with Gasteiger partial charge in [0.15, 0.2) is 5.82 Å². The van der Waals surface area contributed by atoms with Crippen molar-refractivity contribution in [2.45, 2.75) is 12.3 Å². The molecule has 1 aliphatic rings. The van der Waals surface area contributed by atoms with Crippen molar-refractivity contribution < 1.29 is 4.42 Å². The summed E-state index contributed by atoms with van der Waals surface area (Å²) in [6.45, 7) is 2.36. The van der Waals surface area contributed by atoms with Gasteiger partial charge in [-0.05, 0) is 93.0 Å². The molecule has 0 spiro atoms. The van der Waals surface area contributed by atoms with Gasteiger partial charge in [0.25, 0.3) is 0 Å². The molecule has 0 fully saturated rings. The SMILES string of the molecule is CC1(c2ccccc2)c2ccccc2-c2ccc(-c3cc(-c4cccc(-c5ccc6c(c5)oc5ccc7ccccc7c56)c4)nc(-c4ccccc4)n3)cc21. The fourth-order valence-electron chi connectivity index (χ4n) is 8.78. The second-order valence-corrected chi connectivity index (χ2v) is 14.7. The molecule has 3 nitrogen and oxygen atoms in total. The number of fused-ring (bicyclic) bond motifs is 8. The van der Waals surface area contributed by atoms with E-state index in [-0.39, 0.29) is 5.41 Å². The Hall–Kier alpha value is -7.10. The van der Waals surface area contributed by atoms with Gasteiger partial charge >= 0.3 is 0 Å². The molecule has 0 saturated heterocycles. The van der Waals surface area contributed by atoms with E-state index < -0.39 is 0 Å². The summed E-state index contributed by atoms with van der Waals surface area (Å²) in [6, 6.07) is 66.8. The summed E-state index contributed by atoms with van der Waals surface area (Å²) in [5, 5.41) is 4.71. The van der Waals surface area contributed by atoms with Crippen LogP contribution in [0.15, 0.2) is 192 Å². The van der Waals surface area contributed by atoms with Gasteiger partial charge in [-0.2, -0.15) is 0 Å². The Kier molecular flexibility index (Phi) is 6.99. The van der Waals surface area contributed by atoms with Crippen LogP contribution in [-0.4, -0.2) is 9.97 Å². The van der Waals surface area contributed by atoms with Gasteiger partial charge in [-0.3, -0.25) is 0 Å². The van der Waals surface area contributed by atoms with Crippen LogP contribution < -0.4 is 0 Å². The number of nitrogens with zero attached hydrogens (tertiary/aromatic N) is 2. The molecule has 0 radical (unpaired) electrons. The minimum atomic E-state index is -0.302. The van der Waals surface area contributed by atoms with Gasteiger partial charge in [-0.1, -0.05) is 152 Å². The van der Waals surface area contributed by atoms with Gasteiger partial charge in [0, 0.05) is 32.9 Å². The lowest BCUT2D eigenvalue weighted by Crippen LogP contribution is -2.22. The van der Waals surface area contributed by atoms with E-state index in [2.05, 4.69) is 177 Å². The highest BCUT2D eigenvalue weighted by Crippen LogP contribution is 2.53. The first kappa shape index (κ1) is 31.4. The van der Waals surface area contributed by atoms with Crippen LogP contribution >= 0.6 is 0 Å². The Morgan fingerprint density at radius 3 is 1.93 bits per heavy atom. The molecule has 10 aromatic rings. The summed E-state index contributed by atoms with van der Waals surface area (Å²) in [4.78, 5) is 10.4. The summed E-state index contributed by atoms with van der Waals surface area (Å²) in [7, 11) is 0. The molecule has 0 bridgehead atoms. The Morgan fingerprint density at radius 1 is 0.418 bits per heavy atom. The van der Waals surface area contributed by atoms with Crippen molar-refractivity contribution >= 4 is 32.7 Å². The van der Waals surface area contributed by atoms with Crippen molar-refractivity contribution in [1.82, 2.24) is 9.97 Å². The molecule has 8 aromatic carbocycles. The summed E-state index contributed by atoms with van der Waals surface area (Å²) in [5.74, 6) is 0.698. The summed E-state index contributed by atoms with van der Waals surface area (Å²) < 4.78 is 6.44. The van der Waals surface area contributed by atoms with Gasteiger partial charge < -0.3 is 4.42 Å². The van der Waals surface area contributed by atoms with E-state index in [1.807, 2.05) is 18.2 Å². The third-order valence-electron chi connectivity index (χ3n) is 11.6. The average Bonchev–Trinajstić information content (AvgIpc) is 3.77. The van der Waals surface area contributed by atoms with Gasteiger partial charge in [0.2, 0.25) is 0 Å². The van der Waals surface area contributed by atoms with Crippen LogP contribution in [0.2, 0.25) is 0 Å². The van der Waals surface area contributed by atoms with Crippen molar-refractivity contribution in [1.29, 1.82) is 0 Å². The predicted octanol–water partition coefficient (Wildman–Crippen LogP) is 13.5. The fraction of sp³-hybridized carbons (Fsp3) is 0.0385. The van der Waals surface area contributed by atoms with Crippen molar-refractivity contribution in [3.05, 3.63) is 205 Å². The average molecular weight is 703 g/mol. The molecule has 3 heteroatoms. The van der Waals surface area contributed by atoms with E-state index >= 15 is 0 Å². The minimum Gasteiger partial charge on any atom is -0.456 e. The van der Waals surface area contributed by atoms with E-state index in [0.717, 1.165) is 61.1 Å². The van der Waals surface area contributed by atoms with E-state index in [4.69, 9.17) is 14.4 Å². The van der Waals surface area contributed by atoms with Gasteiger partial charge in [-0.15, -0.1) is 0 Å². The third-order valence-corrected chi connectivity index (χ3v) is 11.6. The van der Waals surface area contributed by atoms with Crippen LogP contribution in [0.5, 0.6) is 0 Å². The van der Waals surface area contributed by atoms with Crippen LogP contribution in [0, 0.1) is 0 Å². The molecule has 0 aliphatic heterocycles. The molecule has 2 heterocycles. The second kappa shape index (κ2) is 12.2. The van der Waals surface area contributed by atoms with E-state index in [0.29, 0.717) is 5.82 Å². The fourth-order valence-corrected chi connectivity index (χ4v) is 8.78. The zero-order chi connectivity index (χ0) is 36.5. The molecule has 2 aromatic heterocycles. The number of hydrogen-bond donors (Lipinski definition) is 0. The lowest BCUT2D eigenvalue weighted by molar-refractivity contribution is 0.669. The molecule has 55 heavy (non-hydrogen) atoms. The van der Waals surface area contributed by atoms with Gasteiger partial charge in [0.05, 0.1) is 11.4 Å². The summed E-state index contributed by atoms with van der Waals surface area (Å²) in [6.07, 6.45) is 0. The van der Waals surface area contributed by atoms with Crippen molar-refractivity contribution in [2.75, 3.05) is 0 Å². The molecule has 258 valence electrons. The van der Waals surface area contributed by atoms with Gasteiger partial charge in [0.1, 0.15) is 11.2 Å². The third kappa shape index (κ3) is 4.97. The number of aromatic nitrogens is 2. The largest absolute Gasteiger partial charge is 0.456 e. The standard InChI is InChI=1S/C52H34N2O/c1-52(39-18-6-3-7-19-39)44-22-11-10-21-41(44)42-26-24-38(30-45(42)52)47-32-46(53-51(54-47)34-14-4-2-5-15-34)37-17-12-16-35(29-37)36-23-27-43-49(31-36)55-48-28-25-33-13-8-9-20-40(33)50(43)48/h2-32H,1H3. The summed E-state index contributed by atoms with van der Waals surface area (Å²) in [5.41, 5.74) is 14.9. The smallest absolute Gasteiger partial charge is 0.160 e. The Bertz CT molecular complexity index is 3110. The number of rotatable bonds is 5. The highest BCUT2D eigenvalue weighted by molar-refractivity contribution is 6.19. The highest BCUT2D eigenvalue weighted by atomic mass is 16.3. The van der Waals surface area contributed by atoms with Crippen LogP contribution in [0.3, 0.4) is 0 Å². The van der Waals surface area contributed by atoms with Gasteiger partial charge in [-0.25, -0.2) is 9.97 Å². The zero-order valence-electron chi connectivity index (χ0n) is 30.2. The van der Waals surface area contributed by atoms with Crippen LogP contribution in [0.1, 0.15) is 23.6 Å². The molecular weight excluding hydrogens is 669 g/mol. The number of hydrogen-bond acceptors (Lipinski definition) is 3. The quantitative estimate of drug-likeness (QED) is 0.179. The Labute approximate surface area is 319 Å². The Balaban J connectivity index is 1.04. The lowest BCUT2D eigenvalue weighted by Gasteiger charge is -2.28. The van der Waals surface area contributed by atoms with E-state index in [1.54, 1.807) is 0 Å². The molecule has 1 unspecified atom stereocenters. The first-order chi connectivity index (χ1) is 27.1. The molecular formula is C52H34N2O. The monoisotopic (exact) mass is 702 g/mol. The molecule has 0 N–H and O–H groups in total. The molecule has 0 saturated carbocycles. The number of benzene rings is 8. The molecule has 1 atom stereocenters. The van der Waals surface area contributed by atoms with Crippen LogP contribution in [0.25, 0.3) is 88.9 Å². The second-order valence-electron chi connectivity index (χ2n) is 14.7. The van der Waals surface area contributed by atoms with Crippen LogP contribution in [0.4, 0.5) is 0 Å². The first-order valence-corrected chi connectivity index (χ1v) is 18.8. The lowest BCUT2D eigenvalue weighted by atomic mass is 9.74. The van der Waals surface area contributed by atoms with E-state index in [1.165, 1.54) is 38.6 Å². The maximum Gasteiger partial charge on any atom is 0.160 e. The van der Waals surface area contributed by atoms with Crippen molar-refractivity contribution in [3.63, 3.8) is 0 Å². The van der Waals surface area contributed by atoms with Crippen molar-refractivity contribution in [3.8, 4) is 56.2 Å². The maximum atomic E-state index is 6.44. The number of furan rings is 1. The molecule has 0 amide bonds. The maximum absolute atomic E-state index is 6.44. The highest BCUT2D eigenvalue weighted by Gasteiger charge is 2.40. The predicted molar refractivity (Wildman–Crippen MR) is 226 cm³/mol. The van der Waals surface area contributed by atoms with Crippen molar-refractivity contribution in [2.24, 2.45) is 0 Å². The Morgan fingerprint density at radius 2 is 1.07 bits per heavy atom. The summed E-state index contributed by atoms with van der Waals surface area (Å²) >= 11 is 0. The van der Waals surface area contributed by atoms with E-state index in [9.17, 15) is 0 Å². The molecule has 11 rings (SSSR count). The first-order valence-electron chi connectivity index (χ1n) is 18.8. The molecule has 1 aliphatic carbocycles. The zero-order valence-corrected chi connectivity index (χ0v) is 30.2. The topological polar surface area (TPSA) is 38.9 Å². The minimum absolute atomic E-state index is 0.302. The normalized spacial score (nSPS) is 14.7. The van der Waals surface area contributed by atoms with Crippen LogP contribution in [-0.2, 0) is 5.41 Å².